The van der Waals surface area contributed by atoms with Gasteiger partial charge in [-0.25, -0.2) is 0 Å². The summed E-state index contributed by atoms with van der Waals surface area (Å²) >= 11 is 2.69. The van der Waals surface area contributed by atoms with Crippen LogP contribution in [0, 0.1) is 0 Å². The fraction of sp³-hybridized carbons (Fsp3) is 0.125. The number of hydrogen-bond donors (Lipinski definition) is 0. The van der Waals surface area contributed by atoms with Crippen LogP contribution in [-0.2, 0) is 5.21 Å². The van der Waals surface area contributed by atoms with Crippen LogP contribution in [0.5, 0.6) is 5.75 Å². The van der Waals surface area contributed by atoms with Gasteiger partial charge in [-0.05, 0) is 0 Å². The molecule has 1 aliphatic rings. The molecule has 0 aliphatic carbocycles. The van der Waals surface area contributed by atoms with Crippen LogP contribution in [0.25, 0.3) is 9.75 Å². The first kappa shape index (κ1) is 12.7. The molecule has 0 amide bonds. The van der Waals surface area contributed by atoms with Crippen LogP contribution in [0.3, 0.4) is 0 Å². The summed E-state index contributed by atoms with van der Waals surface area (Å²) < 4.78 is 8.55. The third-order valence-electron chi connectivity index (χ3n) is 3.58. The Hall–Kier alpha value is -1.02. The topological polar surface area (TPSA) is 9.23 Å². The Balaban J connectivity index is 1.69. The van der Waals surface area contributed by atoms with Gasteiger partial charge < -0.3 is 0 Å². The van der Waals surface area contributed by atoms with E-state index in [0.29, 0.717) is 0 Å². The number of rotatable bonds is 3. The standard InChI is InChI=1S/C16H13AsOS2/c1-18-12-4-2-11(3-5-12)10-17-13-6-8-19-15(13)16-14(17)7-9-20-16/h2-9H,10H2,1H3. The molecule has 0 bridgehead atoms. The predicted octanol–water partition coefficient (Wildman–Crippen LogP) is 3.19. The Morgan fingerprint density at radius 3 is 2.05 bits per heavy atom. The average Bonchev–Trinajstić information content (AvgIpc) is 3.16. The summed E-state index contributed by atoms with van der Waals surface area (Å²) in [5, 5.41) is 5.72. The number of methoxy groups -OCH3 is 1. The zero-order valence-electron chi connectivity index (χ0n) is 11.0. The van der Waals surface area contributed by atoms with E-state index in [1.807, 2.05) is 22.7 Å². The number of benzene rings is 1. The normalized spacial score (nSPS) is 13.2. The van der Waals surface area contributed by atoms with Gasteiger partial charge >= 0.3 is 131 Å². The summed E-state index contributed by atoms with van der Waals surface area (Å²) in [5.41, 5.74) is 1.43. The van der Waals surface area contributed by atoms with Gasteiger partial charge in [-0.2, -0.15) is 0 Å². The van der Waals surface area contributed by atoms with Crippen LogP contribution in [0.2, 0.25) is 0 Å². The molecule has 0 spiro atoms. The molecule has 1 nitrogen and oxygen atoms in total. The quantitative estimate of drug-likeness (QED) is 0.652. The second-order valence-electron chi connectivity index (χ2n) is 4.70. The Bertz CT molecular complexity index is 702. The van der Waals surface area contributed by atoms with Gasteiger partial charge in [-0.3, -0.25) is 0 Å². The number of hydrogen-bond acceptors (Lipinski definition) is 3. The maximum absolute atomic E-state index is 5.24. The molecule has 3 heterocycles. The molecule has 0 saturated carbocycles. The van der Waals surface area contributed by atoms with E-state index in [2.05, 4.69) is 47.2 Å². The molecule has 3 aromatic rings. The molecule has 1 aliphatic heterocycles. The number of fused-ring (bicyclic) bond motifs is 3. The summed E-state index contributed by atoms with van der Waals surface area (Å²) in [6, 6.07) is 13.3. The third-order valence-corrected chi connectivity index (χ3v) is 11.7. The molecule has 4 heteroatoms. The van der Waals surface area contributed by atoms with Crippen molar-refractivity contribution in [2.24, 2.45) is 0 Å². The molecule has 0 N–H and O–H groups in total. The van der Waals surface area contributed by atoms with Crippen LogP contribution in [0.4, 0.5) is 0 Å². The van der Waals surface area contributed by atoms with Crippen LogP contribution in [0.1, 0.15) is 5.56 Å². The van der Waals surface area contributed by atoms with Crippen molar-refractivity contribution in [1.29, 1.82) is 0 Å². The SMILES string of the molecule is COc1ccc(C[As]2c3ccsc3-c3sccc32)cc1. The minimum absolute atomic E-state index is 0.940. The molecular formula is C16H13AsOS2. The van der Waals surface area contributed by atoms with Crippen molar-refractivity contribution in [3.8, 4) is 15.5 Å². The fourth-order valence-electron chi connectivity index (χ4n) is 2.58. The average molecular weight is 360 g/mol. The Kier molecular flexibility index (Phi) is 3.22. The molecule has 0 unspecified atom stereocenters. The van der Waals surface area contributed by atoms with E-state index in [1.54, 1.807) is 25.6 Å². The van der Waals surface area contributed by atoms with E-state index >= 15 is 0 Å². The summed E-state index contributed by atoms with van der Waals surface area (Å²) in [5.74, 6) is 0.940. The molecule has 1 aromatic carbocycles. The summed E-state index contributed by atoms with van der Waals surface area (Å²) in [4.78, 5) is 3.09. The van der Waals surface area contributed by atoms with Gasteiger partial charge in [0.05, 0.1) is 0 Å². The predicted molar refractivity (Wildman–Crippen MR) is 89.4 cm³/mol. The van der Waals surface area contributed by atoms with Crippen LogP contribution in [-0.4, -0.2) is 21.8 Å². The zero-order chi connectivity index (χ0) is 13.5. The van der Waals surface area contributed by atoms with Gasteiger partial charge in [-0.1, -0.05) is 0 Å². The second kappa shape index (κ2) is 5.07. The molecule has 0 saturated heterocycles. The van der Waals surface area contributed by atoms with Crippen molar-refractivity contribution in [3.05, 3.63) is 52.7 Å². The molecule has 100 valence electrons. The molecule has 20 heavy (non-hydrogen) atoms. The van der Waals surface area contributed by atoms with E-state index in [1.165, 1.54) is 10.8 Å². The Morgan fingerprint density at radius 1 is 0.900 bits per heavy atom. The number of ether oxygens (including phenoxy) is 1. The van der Waals surface area contributed by atoms with Gasteiger partial charge in [-0.15, -0.1) is 0 Å². The van der Waals surface area contributed by atoms with Crippen molar-refractivity contribution >= 4 is 46.0 Å². The summed E-state index contributed by atoms with van der Waals surface area (Å²) in [7, 11) is 1.72. The van der Waals surface area contributed by atoms with E-state index in [9.17, 15) is 0 Å². The third kappa shape index (κ3) is 1.96. The summed E-state index contributed by atoms with van der Waals surface area (Å²) in [6.45, 7) is 0. The van der Waals surface area contributed by atoms with Gasteiger partial charge in [0.1, 0.15) is 0 Å². The fourth-order valence-corrected chi connectivity index (χ4v) is 12.0. The number of thiophene rings is 2. The molecule has 4 rings (SSSR count). The van der Waals surface area contributed by atoms with Crippen molar-refractivity contribution in [2.75, 3.05) is 7.11 Å². The minimum atomic E-state index is -1.13. The molecule has 0 fully saturated rings. The zero-order valence-corrected chi connectivity index (χ0v) is 14.5. The van der Waals surface area contributed by atoms with Crippen molar-refractivity contribution in [3.63, 3.8) is 0 Å². The molecular weight excluding hydrogens is 347 g/mol. The van der Waals surface area contributed by atoms with Crippen molar-refractivity contribution in [2.45, 2.75) is 5.21 Å². The van der Waals surface area contributed by atoms with Crippen LogP contribution >= 0.6 is 22.7 Å². The first-order valence-electron chi connectivity index (χ1n) is 6.42. The van der Waals surface area contributed by atoms with E-state index < -0.39 is 14.7 Å². The summed E-state index contributed by atoms with van der Waals surface area (Å²) in [6.07, 6.45) is 0. The Morgan fingerprint density at radius 2 is 1.50 bits per heavy atom. The molecule has 0 atom stereocenters. The van der Waals surface area contributed by atoms with Crippen molar-refractivity contribution < 1.29 is 4.74 Å². The van der Waals surface area contributed by atoms with E-state index in [0.717, 1.165) is 5.75 Å². The first-order chi connectivity index (χ1) is 9.86. The van der Waals surface area contributed by atoms with Gasteiger partial charge in [0.15, 0.2) is 0 Å². The monoisotopic (exact) mass is 360 g/mol. The second-order valence-corrected chi connectivity index (χ2v) is 11.0. The van der Waals surface area contributed by atoms with Crippen LogP contribution < -0.4 is 13.4 Å². The maximum atomic E-state index is 5.24. The van der Waals surface area contributed by atoms with E-state index in [-0.39, 0.29) is 0 Å². The van der Waals surface area contributed by atoms with Crippen molar-refractivity contribution in [1.82, 2.24) is 0 Å². The van der Waals surface area contributed by atoms with Gasteiger partial charge in [0, 0.05) is 0 Å². The molecule has 0 radical (unpaired) electrons. The Labute approximate surface area is 131 Å². The van der Waals surface area contributed by atoms with E-state index in [4.69, 9.17) is 4.74 Å². The van der Waals surface area contributed by atoms with Gasteiger partial charge in [0.2, 0.25) is 0 Å². The van der Waals surface area contributed by atoms with Gasteiger partial charge in [0.25, 0.3) is 0 Å². The first-order valence-corrected chi connectivity index (χ1v) is 11.4. The van der Waals surface area contributed by atoms with Crippen LogP contribution in [0.15, 0.2) is 47.2 Å². The molecule has 2 aromatic heterocycles.